The van der Waals surface area contributed by atoms with Crippen molar-refractivity contribution in [1.82, 2.24) is 10.7 Å². The topological polar surface area (TPSA) is 89.0 Å². The van der Waals surface area contributed by atoms with Gasteiger partial charge in [0.1, 0.15) is 6.61 Å². The highest BCUT2D eigenvalue weighted by Gasteiger charge is 2.27. The largest absolute Gasteiger partial charge is 0.485 e. The van der Waals surface area contributed by atoms with Crippen LogP contribution in [0.25, 0.3) is 0 Å². The molecule has 0 bridgehead atoms. The van der Waals surface area contributed by atoms with Gasteiger partial charge in [0.25, 0.3) is 11.8 Å². The molecule has 1 aliphatic rings. The number of nitrogens with zero attached hydrogens (tertiary/aromatic N) is 1. The molecule has 2 aromatic rings. The van der Waals surface area contributed by atoms with Gasteiger partial charge < -0.3 is 14.8 Å². The van der Waals surface area contributed by atoms with Gasteiger partial charge in [-0.25, -0.2) is 5.43 Å². The van der Waals surface area contributed by atoms with E-state index in [1.807, 2.05) is 6.07 Å². The average Bonchev–Trinajstić information content (AvgIpc) is 2.67. The number of rotatable bonds is 5. The maximum absolute atomic E-state index is 12.1. The fourth-order valence-corrected chi connectivity index (χ4v) is 2.41. The quantitative estimate of drug-likeness (QED) is 0.617. The van der Waals surface area contributed by atoms with Crippen LogP contribution in [0, 0.1) is 0 Å². The van der Waals surface area contributed by atoms with Crippen LogP contribution < -0.4 is 20.2 Å². The highest BCUT2D eigenvalue weighted by atomic mass is 35.5. The highest BCUT2D eigenvalue weighted by molar-refractivity contribution is 6.33. The third kappa shape index (κ3) is 4.52. The van der Waals surface area contributed by atoms with Crippen LogP contribution in [0.3, 0.4) is 0 Å². The summed E-state index contributed by atoms with van der Waals surface area (Å²) in [6, 6.07) is 14.2. The van der Waals surface area contributed by atoms with Crippen LogP contribution in [0.1, 0.15) is 5.56 Å². The molecule has 134 valence electrons. The zero-order valence-electron chi connectivity index (χ0n) is 13.6. The predicted octanol–water partition coefficient (Wildman–Crippen LogP) is 1.75. The number of halogens is 1. The summed E-state index contributed by atoms with van der Waals surface area (Å²) < 4.78 is 11.0. The van der Waals surface area contributed by atoms with Crippen molar-refractivity contribution in [2.24, 2.45) is 5.10 Å². The van der Waals surface area contributed by atoms with Crippen LogP contribution in [-0.4, -0.2) is 37.3 Å². The zero-order chi connectivity index (χ0) is 18.4. The Labute approximate surface area is 154 Å². The normalized spacial score (nSPS) is 15.5. The lowest BCUT2D eigenvalue weighted by molar-refractivity contribution is -0.132. The number of carbonyl (C=O) groups is 2. The molecule has 0 fully saturated rings. The molecular formula is C18H16ClN3O4. The Kier molecular flexibility index (Phi) is 5.70. The van der Waals surface area contributed by atoms with Crippen molar-refractivity contribution in [3.05, 3.63) is 59.1 Å². The SMILES string of the molecule is O=C(CNC(=O)[C@@H]1COc2ccccc2O1)NN=Cc1ccccc1Cl. The molecule has 0 spiro atoms. The number of hydrazone groups is 1. The number of carbonyl (C=O) groups excluding carboxylic acids is 2. The highest BCUT2D eigenvalue weighted by Crippen LogP contribution is 2.30. The second-order valence-corrected chi connectivity index (χ2v) is 5.80. The van der Waals surface area contributed by atoms with Gasteiger partial charge in [0.2, 0.25) is 6.10 Å². The summed E-state index contributed by atoms with van der Waals surface area (Å²) in [6.45, 7) is -0.157. The lowest BCUT2D eigenvalue weighted by Crippen LogP contribution is -2.46. The molecule has 0 aromatic heterocycles. The fourth-order valence-electron chi connectivity index (χ4n) is 2.22. The van der Waals surface area contributed by atoms with Gasteiger partial charge >= 0.3 is 0 Å². The molecular weight excluding hydrogens is 358 g/mol. The lowest BCUT2D eigenvalue weighted by Gasteiger charge is -2.25. The molecule has 2 amide bonds. The van der Waals surface area contributed by atoms with Gasteiger partial charge in [-0.05, 0) is 18.2 Å². The van der Waals surface area contributed by atoms with Gasteiger partial charge in [-0.3, -0.25) is 9.59 Å². The van der Waals surface area contributed by atoms with E-state index in [-0.39, 0.29) is 13.2 Å². The molecule has 1 heterocycles. The van der Waals surface area contributed by atoms with E-state index >= 15 is 0 Å². The summed E-state index contributed by atoms with van der Waals surface area (Å²) in [7, 11) is 0. The first-order chi connectivity index (χ1) is 12.6. The molecule has 8 heteroatoms. The average molecular weight is 374 g/mol. The molecule has 1 aliphatic heterocycles. The second-order valence-electron chi connectivity index (χ2n) is 5.40. The Balaban J connectivity index is 1.45. The predicted molar refractivity (Wildman–Crippen MR) is 96.6 cm³/mol. The molecule has 0 radical (unpaired) electrons. The summed E-state index contributed by atoms with van der Waals surface area (Å²) >= 11 is 5.98. The lowest BCUT2D eigenvalue weighted by atomic mass is 10.2. The number of fused-ring (bicyclic) bond motifs is 1. The third-order valence-electron chi connectivity index (χ3n) is 3.52. The van der Waals surface area contributed by atoms with E-state index in [2.05, 4.69) is 15.8 Å². The monoisotopic (exact) mass is 373 g/mol. The van der Waals surface area contributed by atoms with Crippen molar-refractivity contribution in [2.45, 2.75) is 6.10 Å². The number of hydrogen-bond acceptors (Lipinski definition) is 5. The number of ether oxygens (including phenoxy) is 2. The summed E-state index contributed by atoms with van der Waals surface area (Å²) in [5, 5.41) is 6.82. The van der Waals surface area contributed by atoms with Crippen molar-refractivity contribution in [3.63, 3.8) is 0 Å². The number of amides is 2. The van der Waals surface area contributed by atoms with Gasteiger partial charge in [-0.2, -0.15) is 5.10 Å². The van der Waals surface area contributed by atoms with E-state index in [4.69, 9.17) is 21.1 Å². The minimum absolute atomic E-state index is 0.0785. The Morgan fingerprint density at radius 1 is 1.15 bits per heavy atom. The minimum Gasteiger partial charge on any atom is -0.485 e. The molecule has 0 unspecified atom stereocenters. The number of para-hydroxylation sites is 2. The van der Waals surface area contributed by atoms with E-state index in [1.54, 1.807) is 42.5 Å². The van der Waals surface area contributed by atoms with Crippen LogP contribution in [0.15, 0.2) is 53.6 Å². The van der Waals surface area contributed by atoms with Crippen LogP contribution in [0.5, 0.6) is 11.5 Å². The molecule has 2 N–H and O–H groups in total. The van der Waals surface area contributed by atoms with Crippen LogP contribution in [0.2, 0.25) is 5.02 Å². The zero-order valence-corrected chi connectivity index (χ0v) is 14.4. The first kappa shape index (κ1) is 17.8. The molecule has 3 rings (SSSR count). The Hall–Kier alpha value is -3.06. The van der Waals surface area contributed by atoms with Gasteiger partial charge in [-0.1, -0.05) is 41.9 Å². The molecule has 0 saturated carbocycles. The van der Waals surface area contributed by atoms with Gasteiger partial charge in [0.05, 0.1) is 12.8 Å². The third-order valence-corrected chi connectivity index (χ3v) is 3.87. The van der Waals surface area contributed by atoms with E-state index in [1.165, 1.54) is 6.21 Å². The summed E-state index contributed by atoms with van der Waals surface area (Å²) in [5.41, 5.74) is 2.99. The van der Waals surface area contributed by atoms with E-state index < -0.39 is 17.9 Å². The fraction of sp³-hybridized carbons (Fsp3) is 0.167. The molecule has 7 nitrogen and oxygen atoms in total. The number of nitrogens with one attached hydrogen (secondary N) is 2. The van der Waals surface area contributed by atoms with Crippen LogP contribution in [-0.2, 0) is 9.59 Å². The first-order valence-electron chi connectivity index (χ1n) is 7.86. The van der Waals surface area contributed by atoms with Gasteiger partial charge in [0, 0.05) is 10.6 Å². The number of benzene rings is 2. The molecule has 1 atom stereocenters. The molecule has 0 aliphatic carbocycles. The first-order valence-corrected chi connectivity index (χ1v) is 8.24. The Morgan fingerprint density at radius 3 is 2.69 bits per heavy atom. The number of hydrogen-bond donors (Lipinski definition) is 2. The molecule has 0 saturated heterocycles. The standard InChI is InChI=1S/C18H16ClN3O4/c19-13-6-2-1-5-12(13)9-21-22-17(23)10-20-18(24)16-11-25-14-7-3-4-8-15(14)26-16/h1-9,16H,10-11H2,(H,20,24)(H,22,23)/t16-/m0/s1. The van der Waals surface area contributed by atoms with Crippen molar-refractivity contribution in [3.8, 4) is 11.5 Å². The van der Waals surface area contributed by atoms with Crippen LogP contribution in [0.4, 0.5) is 0 Å². The maximum atomic E-state index is 12.1. The van der Waals surface area contributed by atoms with E-state index in [0.717, 1.165) is 0 Å². The second kappa shape index (κ2) is 8.35. The molecule has 26 heavy (non-hydrogen) atoms. The summed E-state index contributed by atoms with van der Waals surface area (Å²) in [5.74, 6) is 0.166. The van der Waals surface area contributed by atoms with Crippen LogP contribution >= 0.6 is 11.6 Å². The van der Waals surface area contributed by atoms with Crippen molar-refractivity contribution >= 4 is 29.6 Å². The van der Waals surface area contributed by atoms with Gasteiger partial charge in [-0.15, -0.1) is 0 Å². The summed E-state index contributed by atoms with van der Waals surface area (Å²) in [4.78, 5) is 23.9. The molecule has 2 aromatic carbocycles. The van der Waals surface area contributed by atoms with E-state index in [9.17, 15) is 9.59 Å². The summed E-state index contributed by atoms with van der Waals surface area (Å²) in [6.07, 6.45) is 0.612. The smallest absolute Gasteiger partial charge is 0.265 e. The van der Waals surface area contributed by atoms with Gasteiger partial charge in [0.15, 0.2) is 11.5 Å². The van der Waals surface area contributed by atoms with E-state index in [0.29, 0.717) is 22.1 Å². The van der Waals surface area contributed by atoms with Crippen molar-refractivity contribution in [1.29, 1.82) is 0 Å². The minimum atomic E-state index is -0.815. The Bertz CT molecular complexity index is 841. The maximum Gasteiger partial charge on any atom is 0.265 e. The van der Waals surface area contributed by atoms with Crippen molar-refractivity contribution < 1.29 is 19.1 Å². The Morgan fingerprint density at radius 2 is 1.88 bits per heavy atom. The van der Waals surface area contributed by atoms with Crippen molar-refractivity contribution in [2.75, 3.05) is 13.2 Å².